The summed E-state index contributed by atoms with van der Waals surface area (Å²) in [4.78, 5) is 29.0. The molecule has 0 unspecified atom stereocenters. The molecule has 190 valence electrons. The van der Waals surface area contributed by atoms with E-state index < -0.39 is 23.8 Å². The predicted molar refractivity (Wildman–Crippen MR) is 133 cm³/mol. The third-order valence-electron chi connectivity index (χ3n) is 5.62. The van der Waals surface area contributed by atoms with Crippen LogP contribution in [-0.4, -0.2) is 61.1 Å². The Morgan fingerprint density at radius 2 is 1.51 bits per heavy atom. The number of carbonyl (C=O) groups is 2. The maximum atomic E-state index is 12.9. The Balaban J connectivity index is 1.53. The lowest BCUT2D eigenvalue weighted by Gasteiger charge is -2.25. The van der Waals surface area contributed by atoms with E-state index in [2.05, 4.69) is 36.8 Å². The van der Waals surface area contributed by atoms with Gasteiger partial charge in [0.05, 0.1) is 5.56 Å². The van der Waals surface area contributed by atoms with Crippen molar-refractivity contribution >= 4 is 39.4 Å². The predicted octanol–water partition coefficient (Wildman–Crippen LogP) is 5.61. The van der Waals surface area contributed by atoms with Crippen LogP contribution in [0.2, 0.25) is 0 Å². The number of hydrogen-bond acceptors (Lipinski definition) is 3. The number of carbonyl (C=O) groups excluding carboxylic acids is 2. The van der Waals surface area contributed by atoms with Crippen molar-refractivity contribution in [3.05, 3.63) is 58.6 Å². The number of amides is 4. The second-order valence-electron chi connectivity index (χ2n) is 8.28. The highest BCUT2D eigenvalue weighted by Crippen LogP contribution is 2.29. The van der Waals surface area contributed by atoms with Crippen LogP contribution in [0.4, 0.5) is 34.1 Å². The molecule has 0 aliphatic carbocycles. The van der Waals surface area contributed by atoms with E-state index in [-0.39, 0.29) is 18.8 Å². The van der Waals surface area contributed by atoms with Gasteiger partial charge in [0, 0.05) is 35.5 Å². The Hall–Kier alpha value is -2.79. The molecule has 3 rings (SSSR count). The first-order chi connectivity index (χ1) is 16.7. The van der Waals surface area contributed by atoms with Gasteiger partial charge in [0.2, 0.25) is 0 Å². The molecule has 0 aromatic heterocycles. The van der Waals surface area contributed by atoms with E-state index in [9.17, 15) is 22.8 Å². The first-order valence-electron chi connectivity index (χ1n) is 11.5. The van der Waals surface area contributed by atoms with Gasteiger partial charge in [-0.1, -0.05) is 15.9 Å². The molecule has 0 spiro atoms. The largest absolute Gasteiger partial charge is 0.416 e. The number of likely N-dealkylation sites (tertiary alicyclic amines) is 1. The number of urea groups is 2. The number of hydrogen-bond donors (Lipinski definition) is 3. The van der Waals surface area contributed by atoms with Crippen molar-refractivity contribution in [1.29, 1.82) is 0 Å². The van der Waals surface area contributed by atoms with Crippen LogP contribution in [0.25, 0.3) is 0 Å². The van der Waals surface area contributed by atoms with E-state index in [1.54, 1.807) is 17.0 Å². The van der Waals surface area contributed by atoms with Gasteiger partial charge in [0.25, 0.3) is 0 Å². The Morgan fingerprint density at radius 3 is 2.14 bits per heavy atom. The van der Waals surface area contributed by atoms with Crippen LogP contribution in [0.15, 0.2) is 53.0 Å². The molecule has 2 aromatic rings. The van der Waals surface area contributed by atoms with Crippen molar-refractivity contribution in [3.8, 4) is 0 Å². The van der Waals surface area contributed by atoms with Crippen molar-refractivity contribution in [2.45, 2.75) is 25.4 Å². The van der Waals surface area contributed by atoms with Crippen LogP contribution < -0.4 is 16.0 Å². The van der Waals surface area contributed by atoms with Gasteiger partial charge in [-0.3, -0.25) is 0 Å². The average molecular weight is 556 g/mol. The smallest absolute Gasteiger partial charge is 0.336 e. The molecule has 4 amide bonds. The summed E-state index contributed by atoms with van der Waals surface area (Å²) >= 11 is 3.34. The maximum Gasteiger partial charge on any atom is 0.416 e. The summed E-state index contributed by atoms with van der Waals surface area (Å²) in [5, 5.41) is 8.11. The van der Waals surface area contributed by atoms with E-state index in [0.29, 0.717) is 12.2 Å². The Labute approximate surface area is 211 Å². The fraction of sp³-hybridized carbons (Fsp3) is 0.417. The quantitative estimate of drug-likeness (QED) is 0.376. The molecule has 11 heteroatoms. The van der Waals surface area contributed by atoms with Crippen LogP contribution in [-0.2, 0) is 6.18 Å². The fourth-order valence-corrected chi connectivity index (χ4v) is 4.03. The van der Waals surface area contributed by atoms with Gasteiger partial charge < -0.3 is 25.8 Å². The number of nitrogens with one attached hydrogen (secondary N) is 3. The minimum atomic E-state index is -4.44. The van der Waals surface area contributed by atoms with E-state index in [0.717, 1.165) is 42.7 Å². The first kappa shape index (κ1) is 26.8. The average Bonchev–Trinajstić information content (AvgIpc) is 3.33. The highest BCUT2D eigenvalue weighted by Gasteiger charge is 2.30. The van der Waals surface area contributed by atoms with Crippen LogP contribution in [0.1, 0.15) is 24.8 Å². The molecule has 35 heavy (non-hydrogen) atoms. The molecule has 2 aromatic carbocycles. The van der Waals surface area contributed by atoms with Crippen LogP contribution in [0.5, 0.6) is 0 Å². The zero-order chi connectivity index (χ0) is 25.3. The summed E-state index contributed by atoms with van der Waals surface area (Å²) in [5.74, 6) is 0. The van der Waals surface area contributed by atoms with Crippen LogP contribution >= 0.6 is 15.9 Å². The molecule has 1 fully saturated rings. The van der Waals surface area contributed by atoms with Crippen LogP contribution in [0.3, 0.4) is 0 Å². The summed E-state index contributed by atoms with van der Waals surface area (Å²) < 4.78 is 39.3. The standard InChI is InChI=1S/C24H29BrF3N5O2/c25-19-6-10-20(11-7-19)30-22(34)29-12-17-33(16-3-15-32-13-1-2-14-32)23(35)31-21-8-4-18(5-9-21)24(26,27)28/h4-11H,1-3,12-17H2,(H,31,35)(H2,29,30,34). The summed E-state index contributed by atoms with van der Waals surface area (Å²) in [6.07, 6.45) is -1.33. The number of anilines is 2. The summed E-state index contributed by atoms with van der Waals surface area (Å²) in [6.45, 7) is 3.89. The van der Waals surface area contributed by atoms with Crippen molar-refractivity contribution in [2.75, 3.05) is 49.9 Å². The van der Waals surface area contributed by atoms with Gasteiger partial charge in [-0.25, -0.2) is 9.59 Å². The summed E-state index contributed by atoms with van der Waals surface area (Å²) in [6, 6.07) is 10.6. The molecule has 0 atom stereocenters. The molecule has 1 aliphatic rings. The van der Waals surface area contributed by atoms with Gasteiger partial charge in [-0.15, -0.1) is 0 Å². The lowest BCUT2D eigenvalue weighted by atomic mass is 10.2. The fourth-order valence-electron chi connectivity index (χ4n) is 3.76. The minimum absolute atomic E-state index is 0.215. The zero-order valence-electron chi connectivity index (χ0n) is 19.2. The zero-order valence-corrected chi connectivity index (χ0v) is 20.8. The minimum Gasteiger partial charge on any atom is -0.336 e. The lowest BCUT2D eigenvalue weighted by Crippen LogP contribution is -2.42. The summed E-state index contributed by atoms with van der Waals surface area (Å²) in [5.41, 5.74) is 0.126. The second kappa shape index (κ2) is 12.8. The van der Waals surface area contributed by atoms with Crippen molar-refractivity contribution in [3.63, 3.8) is 0 Å². The molecular formula is C24H29BrF3N5O2. The Morgan fingerprint density at radius 1 is 0.914 bits per heavy atom. The highest BCUT2D eigenvalue weighted by atomic mass is 79.9. The molecule has 0 saturated carbocycles. The highest BCUT2D eigenvalue weighted by molar-refractivity contribution is 9.10. The number of rotatable bonds is 9. The Bertz CT molecular complexity index is 965. The SMILES string of the molecule is O=C(NCCN(CCCN1CCCC1)C(=O)Nc1ccc(C(F)(F)F)cc1)Nc1ccc(Br)cc1. The van der Waals surface area contributed by atoms with Crippen LogP contribution in [0, 0.1) is 0 Å². The van der Waals surface area contributed by atoms with E-state index >= 15 is 0 Å². The Kier molecular flexibility index (Phi) is 9.79. The molecule has 1 aliphatic heterocycles. The van der Waals surface area contributed by atoms with E-state index in [1.807, 2.05) is 12.1 Å². The molecule has 1 saturated heterocycles. The third kappa shape index (κ3) is 9.06. The topological polar surface area (TPSA) is 76.7 Å². The molecule has 0 bridgehead atoms. The first-order valence-corrected chi connectivity index (χ1v) is 12.3. The van der Waals surface area contributed by atoms with Gasteiger partial charge in [-0.05, 0) is 87.4 Å². The number of alkyl halides is 3. The molecular weight excluding hydrogens is 527 g/mol. The van der Waals surface area contributed by atoms with Gasteiger partial charge in [0.15, 0.2) is 0 Å². The maximum absolute atomic E-state index is 12.9. The lowest BCUT2D eigenvalue weighted by molar-refractivity contribution is -0.137. The molecule has 1 heterocycles. The number of nitrogens with zero attached hydrogens (tertiary/aromatic N) is 2. The molecule has 0 radical (unpaired) electrons. The second-order valence-corrected chi connectivity index (χ2v) is 9.20. The van der Waals surface area contributed by atoms with E-state index in [4.69, 9.17) is 0 Å². The van der Waals surface area contributed by atoms with E-state index in [1.165, 1.54) is 25.0 Å². The molecule has 3 N–H and O–H groups in total. The number of halogens is 4. The third-order valence-corrected chi connectivity index (χ3v) is 6.15. The van der Waals surface area contributed by atoms with Gasteiger partial charge in [0.1, 0.15) is 0 Å². The normalized spacial score (nSPS) is 13.9. The van der Waals surface area contributed by atoms with Gasteiger partial charge >= 0.3 is 18.2 Å². The summed E-state index contributed by atoms with van der Waals surface area (Å²) in [7, 11) is 0. The van der Waals surface area contributed by atoms with Crippen molar-refractivity contribution in [2.24, 2.45) is 0 Å². The monoisotopic (exact) mass is 555 g/mol. The van der Waals surface area contributed by atoms with Crippen molar-refractivity contribution < 1.29 is 22.8 Å². The number of benzene rings is 2. The van der Waals surface area contributed by atoms with Crippen molar-refractivity contribution in [1.82, 2.24) is 15.1 Å². The molecule has 7 nitrogen and oxygen atoms in total. The van der Waals surface area contributed by atoms with Gasteiger partial charge in [-0.2, -0.15) is 13.2 Å².